The second-order valence-electron chi connectivity index (χ2n) is 8.98. The van der Waals surface area contributed by atoms with Gasteiger partial charge in [0, 0.05) is 14.7 Å². The Hall–Kier alpha value is 0.886. The Labute approximate surface area is 205 Å². The zero-order valence-electron chi connectivity index (χ0n) is 21.3. The van der Waals surface area contributed by atoms with Crippen molar-refractivity contribution in [2.75, 3.05) is 24.6 Å². The van der Waals surface area contributed by atoms with Crippen molar-refractivity contribution in [2.24, 2.45) is 11.8 Å². The quantitative estimate of drug-likeness (QED) is 0.176. The van der Waals surface area contributed by atoms with Crippen LogP contribution < -0.4 is 9.79 Å². The summed E-state index contributed by atoms with van der Waals surface area (Å²) in [5, 5.41) is 0. The molecule has 0 aliphatic heterocycles. The Morgan fingerprint density at radius 3 is 1.10 bits per heavy atom. The van der Waals surface area contributed by atoms with Crippen molar-refractivity contribution in [3.05, 3.63) is 0 Å². The first-order valence-electron chi connectivity index (χ1n) is 12.7. The molecule has 0 N–H and O–H groups in total. The largest absolute Gasteiger partial charge is 2.00 e. The van der Waals surface area contributed by atoms with Crippen LogP contribution in [0.5, 0.6) is 0 Å². The van der Waals surface area contributed by atoms with E-state index in [1.165, 1.54) is 0 Å². The molecule has 4 unspecified atom stereocenters. The summed E-state index contributed by atoms with van der Waals surface area (Å²) in [6, 6.07) is 0. The van der Waals surface area contributed by atoms with Gasteiger partial charge in [0.25, 0.3) is 0 Å². The standard InChI is InChI=1S/2C12H27O2P.Co/c2*1-4-7-9-12(6-3)11-15(13,14)10-8-5-2;/h2*12H,4-11H2,1-3H3,(H,13,14);/q;;+2/p-2. The number of rotatable bonds is 18. The van der Waals surface area contributed by atoms with Crippen molar-refractivity contribution < 1.29 is 35.7 Å². The van der Waals surface area contributed by atoms with E-state index < -0.39 is 14.7 Å². The van der Waals surface area contributed by atoms with Crippen molar-refractivity contribution in [3.63, 3.8) is 0 Å². The van der Waals surface area contributed by atoms with E-state index in [-0.39, 0.29) is 16.8 Å². The van der Waals surface area contributed by atoms with Gasteiger partial charge in [0.15, 0.2) is 0 Å². The van der Waals surface area contributed by atoms with Gasteiger partial charge < -0.3 is 18.9 Å². The predicted molar refractivity (Wildman–Crippen MR) is 131 cm³/mol. The van der Waals surface area contributed by atoms with E-state index >= 15 is 0 Å². The maximum absolute atomic E-state index is 11.7. The summed E-state index contributed by atoms with van der Waals surface area (Å²) in [5.41, 5.74) is 0. The molecule has 0 aliphatic rings. The van der Waals surface area contributed by atoms with Gasteiger partial charge in [-0.05, 0) is 49.3 Å². The first-order valence-corrected chi connectivity index (χ1v) is 16.7. The minimum absolute atomic E-state index is 0. The minimum Gasteiger partial charge on any atom is -0.799 e. The maximum atomic E-state index is 11.7. The van der Waals surface area contributed by atoms with Crippen LogP contribution in [0.2, 0.25) is 0 Å². The molecule has 0 amide bonds. The molecule has 0 aliphatic carbocycles. The molecule has 4 nitrogen and oxygen atoms in total. The van der Waals surface area contributed by atoms with Crippen LogP contribution in [0.25, 0.3) is 0 Å². The first-order chi connectivity index (χ1) is 14.1. The second kappa shape index (κ2) is 22.7. The first kappa shape index (κ1) is 36.5. The Balaban J connectivity index is -0.000000490. The molecule has 0 aromatic rings. The molecule has 31 heavy (non-hydrogen) atoms. The summed E-state index contributed by atoms with van der Waals surface area (Å²) < 4.78 is 23.5. The molecule has 0 aromatic carbocycles. The summed E-state index contributed by atoms with van der Waals surface area (Å²) >= 11 is 0. The molecule has 0 rings (SSSR count). The summed E-state index contributed by atoms with van der Waals surface area (Å²) in [6.45, 7) is 12.6. The van der Waals surface area contributed by atoms with Crippen LogP contribution in [0.3, 0.4) is 0 Å². The maximum Gasteiger partial charge on any atom is 2.00 e. The van der Waals surface area contributed by atoms with Crippen LogP contribution in [-0.4, -0.2) is 24.6 Å². The zero-order valence-corrected chi connectivity index (χ0v) is 24.2. The molecule has 0 aromatic heterocycles. The van der Waals surface area contributed by atoms with Gasteiger partial charge in [-0.15, -0.1) is 0 Å². The van der Waals surface area contributed by atoms with E-state index in [0.29, 0.717) is 36.5 Å². The van der Waals surface area contributed by atoms with Crippen LogP contribution in [0.15, 0.2) is 0 Å². The van der Waals surface area contributed by atoms with Gasteiger partial charge in [-0.25, -0.2) is 0 Å². The van der Waals surface area contributed by atoms with Crippen LogP contribution in [-0.2, 0) is 25.9 Å². The summed E-state index contributed by atoms with van der Waals surface area (Å²) in [6.07, 6.45) is 14.1. The van der Waals surface area contributed by atoms with Crippen molar-refractivity contribution in [3.8, 4) is 0 Å². The summed E-state index contributed by atoms with van der Waals surface area (Å²) in [7, 11) is -6.14. The fourth-order valence-electron chi connectivity index (χ4n) is 3.60. The number of unbranched alkanes of at least 4 members (excludes halogenated alkanes) is 4. The van der Waals surface area contributed by atoms with Gasteiger partial charge in [0.1, 0.15) is 0 Å². The second-order valence-corrected chi connectivity index (χ2v) is 13.9. The van der Waals surface area contributed by atoms with Crippen molar-refractivity contribution in [1.29, 1.82) is 0 Å². The molecule has 7 heteroatoms. The van der Waals surface area contributed by atoms with Gasteiger partial charge in [0.05, 0.1) is 0 Å². The molecule has 4 atom stereocenters. The topological polar surface area (TPSA) is 80.3 Å². The average molecular weight is 526 g/mol. The van der Waals surface area contributed by atoms with E-state index in [1.807, 2.05) is 13.8 Å². The van der Waals surface area contributed by atoms with E-state index in [4.69, 9.17) is 0 Å². The van der Waals surface area contributed by atoms with Gasteiger partial charge >= 0.3 is 16.8 Å². The smallest absolute Gasteiger partial charge is 0.799 e. The fourth-order valence-corrected chi connectivity index (χ4v) is 8.02. The van der Waals surface area contributed by atoms with E-state index in [1.54, 1.807) is 0 Å². The van der Waals surface area contributed by atoms with Crippen LogP contribution >= 0.6 is 14.7 Å². The Kier molecular flexibility index (Phi) is 26.7. The average Bonchev–Trinajstić information content (AvgIpc) is 2.71. The molecule has 0 fully saturated rings. The van der Waals surface area contributed by atoms with Crippen LogP contribution in [0.1, 0.15) is 119 Å². The van der Waals surface area contributed by atoms with Gasteiger partial charge in [0.2, 0.25) is 0 Å². The summed E-state index contributed by atoms with van der Waals surface area (Å²) in [5.74, 6) is 0.787. The third kappa shape index (κ3) is 23.8. The fraction of sp³-hybridized carbons (Fsp3) is 1.00. The third-order valence-corrected chi connectivity index (χ3v) is 10.0. The molecule has 191 valence electrons. The number of hydrogen-bond acceptors (Lipinski definition) is 4. The molecule has 1 radical (unpaired) electrons. The molecular formula is C24H52CoO4P2. The number of hydrogen-bond donors (Lipinski definition) is 0. The van der Waals surface area contributed by atoms with Crippen molar-refractivity contribution >= 4 is 14.7 Å². The zero-order chi connectivity index (χ0) is 23.5. The van der Waals surface area contributed by atoms with E-state index in [0.717, 1.165) is 77.0 Å². The Bertz CT molecular complexity index is 432. The minimum atomic E-state index is -3.07. The molecule has 0 heterocycles. The molecule has 0 spiro atoms. The van der Waals surface area contributed by atoms with Crippen molar-refractivity contribution in [1.82, 2.24) is 0 Å². The molecule has 0 saturated heterocycles. The van der Waals surface area contributed by atoms with Crippen LogP contribution in [0.4, 0.5) is 0 Å². The third-order valence-electron chi connectivity index (χ3n) is 5.86. The van der Waals surface area contributed by atoms with Crippen LogP contribution in [0, 0.1) is 11.8 Å². The van der Waals surface area contributed by atoms with Crippen molar-refractivity contribution in [2.45, 2.75) is 119 Å². The molecular weight excluding hydrogens is 473 g/mol. The van der Waals surface area contributed by atoms with Gasteiger partial charge in [-0.3, -0.25) is 0 Å². The molecule has 0 bridgehead atoms. The van der Waals surface area contributed by atoms with E-state index in [9.17, 15) is 18.9 Å². The Morgan fingerprint density at radius 1 is 0.581 bits per heavy atom. The monoisotopic (exact) mass is 525 g/mol. The molecule has 0 saturated carbocycles. The Morgan fingerprint density at radius 2 is 0.871 bits per heavy atom. The van der Waals surface area contributed by atoms with Gasteiger partial charge in [-0.1, -0.05) is 106 Å². The van der Waals surface area contributed by atoms with E-state index in [2.05, 4.69) is 27.7 Å². The summed E-state index contributed by atoms with van der Waals surface area (Å²) in [4.78, 5) is 23.5. The normalized spacial score (nSPS) is 16.8. The predicted octanol–water partition coefficient (Wildman–Crippen LogP) is 7.28. The SMILES string of the molecule is CCCCC(CC)CP(=O)([O-])CCCC.CCCCC(CC)CP(=O)([O-])CCCC.[Co+2]. The van der Waals surface area contributed by atoms with Gasteiger partial charge in [-0.2, -0.15) is 0 Å².